The van der Waals surface area contributed by atoms with Crippen LogP contribution in [0.15, 0.2) is 59.8 Å². The molecule has 1 N–H and O–H groups in total. The molecule has 1 aromatic heterocycles. The molecular formula is C15H15NO2S. The molecule has 98 valence electrons. The van der Waals surface area contributed by atoms with Crippen LogP contribution in [0.3, 0.4) is 0 Å². The molecule has 1 aromatic carbocycles. The summed E-state index contributed by atoms with van der Waals surface area (Å²) in [5.74, 6) is -0.477. The number of rotatable bonds is 4. The lowest BCUT2D eigenvalue weighted by Crippen LogP contribution is -2.16. The molecule has 2 atom stereocenters. The summed E-state index contributed by atoms with van der Waals surface area (Å²) in [5.41, 5.74) is 0.755. The van der Waals surface area contributed by atoms with Crippen molar-refractivity contribution in [2.75, 3.05) is 0 Å². The van der Waals surface area contributed by atoms with Crippen LogP contribution in [0, 0.1) is 5.92 Å². The Hall–Kier alpha value is -1.65. The summed E-state index contributed by atoms with van der Waals surface area (Å²) < 4.78 is 0. The minimum absolute atomic E-state index is 0.0879. The Morgan fingerprint density at radius 1 is 1.16 bits per heavy atom. The van der Waals surface area contributed by atoms with Gasteiger partial charge in [0, 0.05) is 6.20 Å². The minimum atomic E-state index is -0.787. The molecule has 19 heavy (non-hydrogen) atoms. The van der Waals surface area contributed by atoms with Crippen LogP contribution in [0.4, 0.5) is 0 Å². The molecule has 0 fully saturated rings. The van der Waals surface area contributed by atoms with E-state index < -0.39 is 12.0 Å². The summed E-state index contributed by atoms with van der Waals surface area (Å²) in [6, 6.07) is 14.6. The van der Waals surface area contributed by atoms with Crippen molar-refractivity contribution in [2.45, 2.75) is 18.1 Å². The predicted molar refractivity (Wildman–Crippen MR) is 75.7 cm³/mol. The SMILES string of the molecule is C[C@H](C(=O)Sc1ccccn1)[C@H](O)c1ccccc1. The van der Waals surface area contributed by atoms with Crippen molar-refractivity contribution in [3.8, 4) is 0 Å². The van der Waals surface area contributed by atoms with Gasteiger partial charge in [-0.05, 0) is 29.5 Å². The van der Waals surface area contributed by atoms with E-state index in [0.29, 0.717) is 5.03 Å². The first-order chi connectivity index (χ1) is 9.18. The van der Waals surface area contributed by atoms with Gasteiger partial charge in [-0.25, -0.2) is 4.98 Å². The van der Waals surface area contributed by atoms with E-state index in [1.165, 1.54) is 0 Å². The van der Waals surface area contributed by atoms with E-state index in [1.54, 1.807) is 25.3 Å². The number of aliphatic hydroxyl groups excluding tert-OH is 1. The number of hydrogen-bond acceptors (Lipinski definition) is 4. The van der Waals surface area contributed by atoms with Crippen LogP contribution in [0.1, 0.15) is 18.6 Å². The number of pyridine rings is 1. The van der Waals surface area contributed by atoms with E-state index in [0.717, 1.165) is 17.3 Å². The molecule has 0 aliphatic heterocycles. The lowest BCUT2D eigenvalue weighted by atomic mass is 9.99. The van der Waals surface area contributed by atoms with Gasteiger partial charge in [-0.2, -0.15) is 0 Å². The first-order valence-electron chi connectivity index (χ1n) is 6.04. The summed E-state index contributed by atoms with van der Waals surface area (Å²) in [7, 11) is 0. The second-order valence-electron chi connectivity index (χ2n) is 4.23. The van der Waals surface area contributed by atoms with E-state index >= 15 is 0 Å². The smallest absolute Gasteiger partial charge is 0.200 e. The molecule has 0 aliphatic carbocycles. The number of aliphatic hydroxyl groups is 1. The summed E-state index contributed by atoms with van der Waals surface area (Å²) >= 11 is 1.06. The molecule has 2 aromatic rings. The van der Waals surface area contributed by atoms with Gasteiger partial charge in [0.1, 0.15) is 5.03 Å². The fourth-order valence-electron chi connectivity index (χ4n) is 1.67. The van der Waals surface area contributed by atoms with Gasteiger partial charge >= 0.3 is 0 Å². The molecule has 4 heteroatoms. The first kappa shape index (κ1) is 13.8. The van der Waals surface area contributed by atoms with Gasteiger partial charge in [0.15, 0.2) is 0 Å². The molecule has 0 amide bonds. The molecule has 0 bridgehead atoms. The number of hydrogen-bond donors (Lipinski definition) is 1. The van der Waals surface area contributed by atoms with Crippen LogP contribution < -0.4 is 0 Å². The van der Waals surface area contributed by atoms with Crippen molar-refractivity contribution in [3.05, 3.63) is 60.3 Å². The maximum Gasteiger partial charge on any atom is 0.200 e. The molecule has 2 rings (SSSR count). The third-order valence-electron chi connectivity index (χ3n) is 2.83. The van der Waals surface area contributed by atoms with Crippen molar-refractivity contribution in [1.29, 1.82) is 0 Å². The van der Waals surface area contributed by atoms with Gasteiger partial charge in [-0.15, -0.1) is 0 Å². The number of aromatic nitrogens is 1. The Balaban J connectivity index is 2.03. The van der Waals surface area contributed by atoms with Crippen LogP contribution in [0.25, 0.3) is 0 Å². The summed E-state index contributed by atoms with van der Waals surface area (Å²) in [4.78, 5) is 16.2. The first-order valence-corrected chi connectivity index (χ1v) is 6.86. The Morgan fingerprint density at radius 2 is 1.84 bits per heavy atom. The topological polar surface area (TPSA) is 50.2 Å². The molecule has 0 spiro atoms. The maximum atomic E-state index is 12.1. The van der Waals surface area contributed by atoms with Gasteiger partial charge in [-0.1, -0.05) is 43.3 Å². The molecule has 0 radical (unpaired) electrons. The van der Waals surface area contributed by atoms with Crippen molar-refractivity contribution >= 4 is 16.9 Å². The maximum absolute atomic E-state index is 12.1. The van der Waals surface area contributed by atoms with Crippen molar-refractivity contribution in [2.24, 2.45) is 5.92 Å². The van der Waals surface area contributed by atoms with Crippen LogP contribution in [-0.4, -0.2) is 15.2 Å². The van der Waals surface area contributed by atoms with Gasteiger partial charge in [0.25, 0.3) is 0 Å². The minimum Gasteiger partial charge on any atom is -0.388 e. The molecule has 3 nitrogen and oxygen atoms in total. The fraction of sp³-hybridized carbons (Fsp3) is 0.200. The second kappa shape index (κ2) is 6.50. The highest BCUT2D eigenvalue weighted by molar-refractivity contribution is 8.13. The van der Waals surface area contributed by atoms with E-state index in [9.17, 15) is 9.90 Å². The van der Waals surface area contributed by atoms with E-state index in [-0.39, 0.29) is 5.12 Å². The van der Waals surface area contributed by atoms with E-state index in [2.05, 4.69) is 4.98 Å². The Labute approximate surface area is 116 Å². The second-order valence-corrected chi connectivity index (χ2v) is 5.26. The molecule has 0 saturated heterocycles. The van der Waals surface area contributed by atoms with Gasteiger partial charge in [0.2, 0.25) is 5.12 Å². The Bertz CT molecular complexity index is 530. The normalized spacial score (nSPS) is 13.8. The molecule has 0 unspecified atom stereocenters. The van der Waals surface area contributed by atoms with Crippen molar-refractivity contribution in [1.82, 2.24) is 4.98 Å². The highest BCUT2D eigenvalue weighted by atomic mass is 32.2. The third-order valence-corrected chi connectivity index (χ3v) is 3.85. The average molecular weight is 273 g/mol. The molecule has 0 saturated carbocycles. The van der Waals surface area contributed by atoms with Gasteiger partial charge in [-0.3, -0.25) is 4.79 Å². The number of benzene rings is 1. The highest BCUT2D eigenvalue weighted by Gasteiger charge is 2.24. The lowest BCUT2D eigenvalue weighted by Gasteiger charge is -2.17. The number of carbonyl (C=O) groups excluding carboxylic acids is 1. The van der Waals surface area contributed by atoms with Crippen LogP contribution in [-0.2, 0) is 4.79 Å². The van der Waals surface area contributed by atoms with Crippen LogP contribution in [0.5, 0.6) is 0 Å². The van der Waals surface area contributed by atoms with Crippen molar-refractivity contribution in [3.63, 3.8) is 0 Å². The molecular weight excluding hydrogens is 258 g/mol. The number of thioether (sulfide) groups is 1. The number of nitrogens with zero attached hydrogens (tertiary/aromatic N) is 1. The van der Waals surface area contributed by atoms with Crippen LogP contribution >= 0.6 is 11.8 Å². The summed E-state index contributed by atoms with van der Waals surface area (Å²) in [6.07, 6.45) is 0.860. The number of carbonyl (C=O) groups is 1. The van der Waals surface area contributed by atoms with Crippen molar-refractivity contribution < 1.29 is 9.90 Å². The van der Waals surface area contributed by atoms with Crippen LogP contribution in [0.2, 0.25) is 0 Å². The average Bonchev–Trinajstić information content (AvgIpc) is 2.47. The Kier molecular flexibility index (Phi) is 4.71. The third kappa shape index (κ3) is 3.66. The standard InChI is InChI=1S/C15H15NO2S/c1-11(14(17)12-7-3-2-4-8-12)15(18)19-13-9-5-6-10-16-13/h2-11,14,17H,1H3/t11-,14-/m0/s1. The zero-order chi connectivity index (χ0) is 13.7. The highest BCUT2D eigenvalue weighted by Crippen LogP contribution is 2.28. The van der Waals surface area contributed by atoms with E-state index in [4.69, 9.17) is 0 Å². The quantitative estimate of drug-likeness (QED) is 0.870. The monoisotopic (exact) mass is 273 g/mol. The predicted octanol–water partition coefficient (Wildman–Crippen LogP) is 3.07. The summed E-state index contributed by atoms with van der Waals surface area (Å²) in [5, 5.41) is 10.7. The summed E-state index contributed by atoms with van der Waals surface area (Å²) in [6.45, 7) is 1.73. The molecule has 1 heterocycles. The fourth-order valence-corrected chi connectivity index (χ4v) is 2.45. The van der Waals surface area contributed by atoms with Gasteiger partial charge < -0.3 is 5.11 Å². The Morgan fingerprint density at radius 3 is 2.47 bits per heavy atom. The largest absolute Gasteiger partial charge is 0.388 e. The zero-order valence-corrected chi connectivity index (χ0v) is 11.4. The van der Waals surface area contributed by atoms with E-state index in [1.807, 2.05) is 36.4 Å². The lowest BCUT2D eigenvalue weighted by molar-refractivity contribution is -0.117. The molecule has 0 aliphatic rings. The van der Waals surface area contributed by atoms with Gasteiger partial charge in [0.05, 0.1) is 12.0 Å². The zero-order valence-electron chi connectivity index (χ0n) is 10.6.